The summed E-state index contributed by atoms with van der Waals surface area (Å²) in [5, 5.41) is 0. The zero-order valence-electron chi connectivity index (χ0n) is 10.3. The highest BCUT2D eigenvalue weighted by Crippen LogP contribution is 2.20. The Morgan fingerprint density at radius 1 is 1.44 bits per heavy atom. The van der Waals surface area contributed by atoms with Crippen LogP contribution >= 0.6 is 0 Å². The number of carbonyl (C=O) groups excluding carboxylic acids is 1. The van der Waals surface area contributed by atoms with Crippen LogP contribution in [0.4, 0.5) is 5.69 Å². The average molecular weight is 221 g/mol. The summed E-state index contributed by atoms with van der Waals surface area (Å²) in [6.07, 6.45) is 0.726. The number of carbonyl (C=O) groups is 1. The molecule has 88 valence electrons. The van der Waals surface area contributed by atoms with Crippen molar-refractivity contribution in [1.82, 2.24) is 0 Å². The zero-order valence-corrected chi connectivity index (χ0v) is 10.3. The van der Waals surface area contributed by atoms with Crippen molar-refractivity contribution in [3.05, 3.63) is 28.8 Å². The molecule has 1 aromatic rings. The molecule has 2 N–H and O–H groups in total. The van der Waals surface area contributed by atoms with Gasteiger partial charge in [-0.15, -0.1) is 0 Å². The number of ether oxygens (including phenoxy) is 1. The van der Waals surface area contributed by atoms with Crippen molar-refractivity contribution >= 4 is 11.7 Å². The minimum atomic E-state index is -0.335. The summed E-state index contributed by atoms with van der Waals surface area (Å²) < 4.78 is 5.26. The van der Waals surface area contributed by atoms with Crippen LogP contribution in [0.2, 0.25) is 0 Å². The molecule has 0 radical (unpaired) electrons. The van der Waals surface area contributed by atoms with Crippen LogP contribution in [0.3, 0.4) is 0 Å². The highest BCUT2D eigenvalue weighted by atomic mass is 16.5. The summed E-state index contributed by atoms with van der Waals surface area (Å²) in [5.41, 5.74) is 8.78. The second kappa shape index (κ2) is 5.01. The van der Waals surface area contributed by atoms with E-state index < -0.39 is 0 Å². The molecule has 0 bridgehead atoms. The van der Waals surface area contributed by atoms with Gasteiger partial charge in [-0.1, -0.05) is 13.0 Å². The molecular formula is C13H19NO2. The zero-order chi connectivity index (χ0) is 12.3. The van der Waals surface area contributed by atoms with E-state index in [0.29, 0.717) is 11.3 Å². The molecular weight excluding hydrogens is 202 g/mol. The molecule has 3 heteroatoms. The number of hydrogen-bond donors (Lipinski definition) is 1. The number of benzene rings is 1. The molecule has 1 atom stereocenters. The molecule has 0 aromatic heterocycles. The summed E-state index contributed by atoms with van der Waals surface area (Å²) in [7, 11) is 0. The maximum absolute atomic E-state index is 11.8. The summed E-state index contributed by atoms with van der Waals surface area (Å²) in [6.45, 7) is 7.67. The maximum Gasteiger partial charge on any atom is 0.340 e. The van der Waals surface area contributed by atoms with Crippen LogP contribution in [0.1, 0.15) is 41.8 Å². The first-order valence-electron chi connectivity index (χ1n) is 5.53. The van der Waals surface area contributed by atoms with Gasteiger partial charge in [-0.25, -0.2) is 4.79 Å². The lowest BCUT2D eigenvalue weighted by Crippen LogP contribution is -2.16. The Balaban J connectivity index is 2.99. The summed E-state index contributed by atoms with van der Waals surface area (Å²) in [5.74, 6) is -0.335. The Morgan fingerprint density at radius 2 is 2.06 bits per heavy atom. The molecule has 0 saturated heterocycles. The molecule has 3 nitrogen and oxygen atoms in total. The lowest BCUT2D eigenvalue weighted by molar-refractivity contribution is 0.0335. The third-order valence-electron chi connectivity index (χ3n) is 2.63. The molecule has 0 saturated carbocycles. The highest BCUT2D eigenvalue weighted by molar-refractivity contribution is 5.96. The van der Waals surface area contributed by atoms with E-state index in [-0.39, 0.29) is 12.1 Å². The Bertz CT molecular complexity index is 399. The minimum Gasteiger partial charge on any atom is -0.459 e. The molecule has 0 heterocycles. The molecule has 0 spiro atoms. The third-order valence-corrected chi connectivity index (χ3v) is 2.63. The van der Waals surface area contributed by atoms with Crippen LogP contribution in [0, 0.1) is 13.8 Å². The van der Waals surface area contributed by atoms with E-state index in [1.807, 2.05) is 33.8 Å². The topological polar surface area (TPSA) is 52.3 Å². The van der Waals surface area contributed by atoms with Crippen molar-refractivity contribution in [2.75, 3.05) is 5.73 Å². The molecule has 0 amide bonds. The number of anilines is 1. The van der Waals surface area contributed by atoms with Crippen LogP contribution < -0.4 is 5.73 Å². The first-order valence-corrected chi connectivity index (χ1v) is 5.53. The van der Waals surface area contributed by atoms with E-state index >= 15 is 0 Å². The van der Waals surface area contributed by atoms with E-state index in [4.69, 9.17) is 10.5 Å². The van der Waals surface area contributed by atoms with Crippen LogP contribution in [0.5, 0.6) is 0 Å². The van der Waals surface area contributed by atoms with Gasteiger partial charge in [0.25, 0.3) is 0 Å². The smallest absolute Gasteiger partial charge is 0.340 e. The van der Waals surface area contributed by atoms with Gasteiger partial charge in [-0.3, -0.25) is 0 Å². The van der Waals surface area contributed by atoms with Gasteiger partial charge in [-0.05, 0) is 44.4 Å². The molecule has 0 aliphatic carbocycles. The Morgan fingerprint density at radius 3 is 2.62 bits per heavy atom. The van der Waals surface area contributed by atoms with Crippen LogP contribution in [0.15, 0.2) is 12.1 Å². The van der Waals surface area contributed by atoms with Crippen LogP contribution in [-0.4, -0.2) is 12.1 Å². The molecule has 0 aliphatic heterocycles. The molecule has 1 unspecified atom stereocenters. The number of aryl methyl sites for hydroxylation is 2. The monoisotopic (exact) mass is 221 g/mol. The standard InChI is InChI=1S/C13H19NO2/c1-5-10(4)16-13(15)11-7-8(2)6-9(3)12(11)14/h6-7,10H,5,14H2,1-4H3. The van der Waals surface area contributed by atoms with Gasteiger partial charge < -0.3 is 10.5 Å². The normalized spacial score (nSPS) is 12.2. The number of esters is 1. The second-order valence-corrected chi connectivity index (χ2v) is 4.17. The lowest BCUT2D eigenvalue weighted by atomic mass is 10.0. The highest BCUT2D eigenvalue weighted by Gasteiger charge is 2.15. The van der Waals surface area contributed by atoms with Crippen molar-refractivity contribution in [3.63, 3.8) is 0 Å². The van der Waals surface area contributed by atoms with Gasteiger partial charge in [0, 0.05) is 5.69 Å². The largest absolute Gasteiger partial charge is 0.459 e. The lowest BCUT2D eigenvalue weighted by Gasteiger charge is -2.13. The first kappa shape index (κ1) is 12.6. The summed E-state index contributed by atoms with van der Waals surface area (Å²) in [4.78, 5) is 11.8. The second-order valence-electron chi connectivity index (χ2n) is 4.17. The van der Waals surface area contributed by atoms with E-state index in [9.17, 15) is 4.79 Å². The SMILES string of the molecule is CCC(C)OC(=O)c1cc(C)cc(C)c1N. The molecule has 1 rings (SSSR count). The number of rotatable bonds is 3. The van der Waals surface area contributed by atoms with Gasteiger partial charge >= 0.3 is 5.97 Å². The third kappa shape index (κ3) is 2.75. The van der Waals surface area contributed by atoms with E-state index in [1.165, 1.54) is 0 Å². The maximum atomic E-state index is 11.8. The van der Waals surface area contributed by atoms with E-state index in [1.54, 1.807) is 6.07 Å². The van der Waals surface area contributed by atoms with Crippen molar-refractivity contribution < 1.29 is 9.53 Å². The van der Waals surface area contributed by atoms with Crippen molar-refractivity contribution in [2.45, 2.75) is 40.2 Å². The van der Waals surface area contributed by atoms with Gasteiger partial charge in [0.15, 0.2) is 0 Å². The van der Waals surface area contributed by atoms with Crippen molar-refractivity contribution in [3.8, 4) is 0 Å². The predicted molar refractivity (Wildman–Crippen MR) is 65.5 cm³/mol. The van der Waals surface area contributed by atoms with Gasteiger partial charge in [0.05, 0.1) is 11.7 Å². The average Bonchev–Trinajstić information content (AvgIpc) is 2.22. The van der Waals surface area contributed by atoms with Crippen molar-refractivity contribution in [2.24, 2.45) is 0 Å². The van der Waals surface area contributed by atoms with Crippen LogP contribution in [-0.2, 0) is 4.74 Å². The fraction of sp³-hybridized carbons (Fsp3) is 0.462. The van der Waals surface area contributed by atoms with Gasteiger partial charge in [0.2, 0.25) is 0 Å². The Kier molecular flexibility index (Phi) is 3.93. The Hall–Kier alpha value is -1.51. The fourth-order valence-corrected chi connectivity index (χ4v) is 1.48. The first-order chi connectivity index (χ1) is 7.45. The van der Waals surface area contributed by atoms with Crippen LogP contribution in [0.25, 0.3) is 0 Å². The minimum absolute atomic E-state index is 0.0762. The molecule has 0 fully saturated rings. The number of hydrogen-bond acceptors (Lipinski definition) is 3. The summed E-state index contributed by atoms with van der Waals surface area (Å²) >= 11 is 0. The number of nitrogen functional groups attached to an aromatic ring is 1. The van der Waals surface area contributed by atoms with E-state index in [0.717, 1.165) is 17.5 Å². The van der Waals surface area contributed by atoms with Crippen molar-refractivity contribution in [1.29, 1.82) is 0 Å². The number of nitrogens with two attached hydrogens (primary N) is 1. The molecule has 1 aromatic carbocycles. The molecule has 0 aliphatic rings. The predicted octanol–water partition coefficient (Wildman–Crippen LogP) is 2.84. The summed E-state index contributed by atoms with van der Waals surface area (Å²) in [6, 6.07) is 3.72. The van der Waals surface area contributed by atoms with Gasteiger partial charge in [0.1, 0.15) is 0 Å². The van der Waals surface area contributed by atoms with Gasteiger partial charge in [-0.2, -0.15) is 0 Å². The Labute approximate surface area is 96.6 Å². The van der Waals surface area contributed by atoms with E-state index in [2.05, 4.69) is 0 Å². The molecule has 16 heavy (non-hydrogen) atoms. The quantitative estimate of drug-likeness (QED) is 0.630. The fourth-order valence-electron chi connectivity index (χ4n) is 1.48.